The van der Waals surface area contributed by atoms with Crippen LogP contribution >= 0.6 is 0 Å². The van der Waals surface area contributed by atoms with Crippen molar-refractivity contribution < 1.29 is 9.84 Å². The van der Waals surface area contributed by atoms with Crippen molar-refractivity contribution in [2.75, 3.05) is 6.61 Å². The molecule has 1 N–H and O–H groups in total. The van der Waals surface area contributed by atoms with Gasteiger partial charge in [0.1, 0.15) is 11.9 Å². The molecule has 2 nitrogen and oxygen atoms in total. The molecule has 0 aliphatic carbocycles. The highest BCUT2D eigenvalue weighted by molar-refractivity contribution is 5.37. The highest BCUT2D eigenvalue weighted by Crippen LogP contribution is 2.28. The Bertz CT molecular complexity index is 245. The van der Waals surface area contributed by atoms with Crippen LogP contribution < -0.4 is 4.74 Å². The molecular weight excluding hydrogens is 152 g/mol. The molecule has 0 amide bonds. The zero-order valence-corrected chi connectivity index (χ0v) is 6.86. The Balaban J connectivity index is 2.11. The zero-order valence-electron chi connectivity index (χ0n) is 6.86. The maximum absolute atomic E-state index is 8.73. The Hall–Kier alpha value is -1.02. The number of fused-ring (bicyclic) bond motifs is 1. The summed E-state index contributed by atoms with van der Waals surface area (Å²) >= 11 is 0. The lowest BCUT2D eigenvalue weighted by molar-refractivity contribution is 0.175. The molecule has 12 heavy (non-hydrogen) atoms. The van der Waals surface area contributed by atoms with Crippen molar-refractivity contribution in [1.82, 2.24) is 0 Å². The molecule has 0 spiro atoms. The van der Waals surface area contributed by atoms with Crippen LogP contribution in [-0.2, 0) is 6.42 Å². The molecule has 0 radical (unpaired) electrons. The van der Waals surface area contributed by atoms with Gasteiger partial charge in [0.2, 0.25) is 0 Å². The van der Waals surface area contributed by atoms with Gasteiger partial charge in [-0.2, -0.15) is 0 Å². The number of hydrogen-bond acceptors (Lipinski definition) is 2. The van der Waals surface area contributed by atoms with Crippen LogP contribution in [0.25, 0.3) is 0 Å². The van der Waals surface area contributed by atoms with Crippen molar-refractivity contribution in [1.29, 1.82) is 0 Å². The lowest BCUT2D eigenvalue weighted by Crippen LogP contribution is -2.14. The fourth-order valence-corrected chi connectivity index (χ4v) is 1.56. The standard InChI is InChI=1S/C10H12O2/c11-6-5-9-7-8-3-1-2-4-10(8)12-9/h1-4,9,11H,5-7H2/t9-/m0/s1. The predicted molar refractivity (Wildman–Crippen MR) is 46.3 cm³/mol. The molecule has 1 heterocycles. The van der Waals surface area contributed by atoms with Gasteiger partial charge in [0.05, 0.1) is 0 Å². The second-order valence-electron chi connectivity index (χ2n) is 3.06. The van der Waals surface area contributed by atoms with Crippen LogP contribution in [0.4, 0.5) is 0 Å². The van der Waals surface area contributed by atoms with Crippen LogP contribution in [0.5, 0.6) is 5.75 Å². The first-order valence-electron chi connectivity index (χ1n) is 4.25. The average molecular weight is 164 g/mol. The van der Waals surface area contributed by atoms with E-state index in [1.165, 1.54) is 5.56 Å². The summed E-state index contributed by atoms with van der Waals surface area (Å²) in [7, 11) is 0. The minimum Gasteiger partial charge on any atom is -0.490 e. The zero-order chi connectivity index (χ0) is 8.39. The molecule has 1 aliphatic rings. The summed E-state index contributed by atoms with van der Waals surface area (Å²) < 4.78 is 5.59. The molecule has 2 heteroatoms. The van der Waals surface area contributed by atoms with E-state index in [2.05, 4.69) is 6.07 Å². The SMILES string of the molecule is OCC[C@H]1Cc2ccccc2O1. The first kappa shape index (κ1) is 7.62. The molecule has 0 bridgehead atoms. The van der Waals surface area contributed by atoms with Crippen molar-refractivity contribution in [3.05, 3.63) is 29.8 Å². The number of rotatable bonds is 2. The average Bonchev–Trinajstić information content (AvgIpc) is 2.47. The molecule has 1 aromatic rings. The maximum atomic E-state index is 8.73. The van der Waals surface area contributed by atoms with E-state index in [4.69, 9.17) is 9.84 Å². The summed E-state index contributed by atoms with van der Waals surface area (Å²) in [5.74, 6) is 0.982. The van der Waals surface area contributed by atoms with Gasteiger partial charge in [0.25, 0.3) is 0 Å². The minimum atomic E-state index is 0.187. The Morgan fingerprint density at radius 1 is 1.42 bits per heavy atom. The van der Waals surface area contributed by atoms with Crippen LogP contribution in [0.1, 0.15) is 12.0 Å². The molecule has 0 fully saturated rings. The molecule has 1 atom stereocenters. The maximum Gasteiger partial charge on any atom is 0.123 e. The summed E-state index contributed by atoms with van der Waals surface area (Å²) in [4.78, 5) is 0. The van der Waals surface area contributed by atoms with Crippen LogP contribution in [0, 0.1) is 0 Å². The van der Waals surface area contributed by atoms with Crippen molar-refractivity contribution in [3.8, 4) is 5.75 Å². The van der Waals surface area contributed by atoms with Gasteiger partial charge in [0, 0.05) is 19.4 Å². The van der Waals surface area contributed by atoms with Gasteiger partial charge < -0.3 is 9.84 Å². The van der Waals surface area contributed by atoms with Crippen LogP contribution in [0.2, 0.25) is 0 Å². The van der Waals surface area contributed by atoms with Gasteiger partial charge in [0.15, 0.2) is 0 Å². The van der Waals surface area contributed by atoms with Gasteiger partial charge in [-0.25, -0.2) is 0 Å². The second-order valence-corrected chi connectivity index (χ2v) is 3.06. The third kappa shape index (κ3) is 1.30. The van der Waals surface area contributed by atoms with Crippen molar-refractivity contribution >= 4 is 0 Å². The fourth-order valence-electron chi connectivity index (χ4n) is 1.56. The molecule has 1 aliphatic heterocycles. The number of aliphatic hydroxyl groups excluding tert-OH is 1. The monoisotopic (exact) mass is 164 g/mol. The first-order valence-corrected chi connectivity index (χ1v) is 4.25. The van der Waals surface area contributed by atoms with E-state index in [-0.39, 0.29) is 12.7 Å². The number of ether oxygens (including phenoxy) is 1. The van der Waals surface area contributed by atoms with Gasteiger partial charge in [-0.05, 0) is 11.6 Å². The molecule has 2 rings (SSSR count). The quantitative estimate of drug-likeness (QED) is 0.715. The van der Waals surface area contributed by atoms with E-state index >= 15 is 0 Å². The summed E-state index contributed by atoms with van der Waals surface area (Å²) in [5.41, 5.74) is 1.26. The van der Waals surface area contributed by atoms with Gasteiger partial charge >= 0.3 is 0 Å². The Morgan fingerprint density at radius 3 is 3.00 bits per heavy atom. The molecule has 1 aromatic carbocycles. The molecular formula is C10H12O2. The van der Waals surface area contributed by atoms with Crippen LogP contribution in [0.15, 0.2) is 24.3 Å². The Labute approximate surface area is 71.8 Å². The summed E-state index contributed by atoms with van der Waals surface area (Å²) in [6.45, 7) is 0.207. The van der Waals surface area contributed by atoms with Gasteiger partial charge in [-0.3, -0.25) is 0 Å². The highest BCUT2D eigenvalue weighted by atomic mass is 16.5. The Morgan fingerprint density at radius 2 is 2.25 bits per heavy atom. The van der Waals surface area contributed by atoms with Crippen LogP contribution in [0.3, 0.4) is 0 Å². The van der Waals surface area contributed by atoms with E-state index in [0.717, 1.165) is 18.6 Å². The number of aliphatic hydroxyl groups is 1. The highest BCUT2D eigenvalue weighted by Gasteiger charge is 2.20. The predicted octanol–water partition coefficient (Wildman–Crippen LogP) is 1.37. The number of hydrogen-bond donors (Lipinski definition) is 1. The number of para-hydroxylation sites is 1. The lowest BCUT2D eigenvalue weighted by atomic mass is 10.1. The smallest absolute Gasteiger partial charge is 0.123 e. The fraction of sp³-hybridized carbons (Fsp3) is 0.400. The van der Waals surface area contributed by atoms with Crippen LogP contribution in [-0.4, -0.2) is 17.8 Å². The molecule has 64 valence electrons. The van der Waals surface area contributed by atoms with Crippen molar-refractivity contribution in [2.45, 2.75) is 18.9 Å². The largest absolute Gasteiger partial charge is 0.490 e. The minimum absolute atomic E-state index is 0.187. The molecule has 0 saturated carbocycles. The molecule has 0 aromatic heterocycles. The normalized spacial score (nSPS) is 20.2. The second kappa shape index (κ2) is 3.15. The van der Waals surface area contributed by atoms with Gasteiger partial charge in [-0.1, -0.05) is 18.2 Å². The van der Waals surface area contributed by atoms with Crippen molar-refractivity contribution in [2.24, 2.45) is 0 Å². The summed E-state index contributed by atoms with van der Waals surface area (Å²) in [6.07, 6.45) is 1.86. The third-order valence-corrected chi connectivity index (χ3v) is 2.16. The van der Waals surface area contributed by atoms with Crippen molar-refractivity contribution in [3.63, 3.8) is 0 Å². The third-order valence-electron chi connectivity index (χ3n) is 2.16. The summed E-state index contributed by atoms with van der Waals surface area (Å²) in [5, 5.41) is 8.73. The number of benzene rings is 1. The van der Waals surface area contributed by atoms with E-state index in [1.807, 2.05) is 18.2 Å². The van der Waals surface area contributed by atoms with E-state index in [1.54, 1.807) is 0 Å². The van der Waals surface area contributed by atoms with E-state index in [0.29, 0.717) is 0 Å². The molecule has 0 unspecified atom stereocenters. The van der Waals surface area contributed by atoms with E-state index < -0.39 is 0 Å². The Kier molecular flexibility index (Phi) is 2.00. The van der Waals surface area contributed by atoms with Gasteiger partial charge in [-0.15, -0.1) is 0 Å². The molecule has 0 saturated heterocycles. The topological polar surface area (TPSA) is 29.5 Å². The first-order chi connectivity index (χ1) is 5.90. The summed E-state index contributed by atoms with van der Waals surface area (Å²) in [6, 6.07) is 8.04. The van der Waals surface area contributed by atoms with E-state index in [9.17, 15) is 0 Å². The lowest BCUT2D eigenvalue weighted by Gasteiger charge is -2.07.